The van der Waals surface area contributed by atoms with Crippen molar-refractivity contribution in [3.8, 4) is 0 Å². The van der Waals surface area contributed by atoms with Crippen molar-refractivity contribution >= 4 is 12.2 Å². The summed E-state index contributed by atoms with van der Waals surface area (Å²) in [4.78, 5) is 7.41. The SMILES string of the molecule is Cc1cc(C2CCCC2)nc(=S)[nH]1. The van der Waals surface area contributed by atoms with Gasteiger partial charge in [-0.3, -0.25) is 0 Å². The van der Waals surface area contributed by atoms with Crippen LogP contribution in [0.4, 0.5) is 0 Å². The van der Waals surface area contributed by atoms with E-state index < -0.39 is 0 Å². The number of hydrogen-bond acceptors (Lipinski definition) is 2. The summed E-state index contributed by atoms with van der Waals surface area (Å²) < 4.78 is 0.627. The largest absolute Gasteiger partial charge is 0.335 e. The van der Waals surface area contributed by atoms with Crippen LogP contribution in [-0.2, 0) is 0 Å². The highest BCUT2D eigenvalue weighted by Crippen LogP contribution is 2.32. The lowest BCUT2D eigenvalue weighted by atomic mass is 10.0. The fourth-order valence-electron chi connectivity index (χ4n) is 2.03. The van der Waals surface area contributed by atoms with E-state index in [2.05, 4.69) is 16.0 Å². The summed E-state index contributed by atoms with van der Waals surface area (Å²) in [5.41, 5.74) is 2.32. The lowest BCUT2D eigenvalue weighted by Crippen LogP contribution is -1.99. The number of H-pyrrole nitrogens is 1. The van der Waals surface area contributed by atoms with Gasteiger partial charge >= 0.3 is 0 Å². The molecule has 1 heterocycles. The fourth-order valence-corrected chi connectivity index (χ4v) is 2.30. The van der Waals surface area contributed by atoms with Crippen LogP contribution in [0.5, 0.6) is 0 Å². The minimum absolute atomic E-state index is 0.627. The van der Waals surface area contributed by atoms with Gasteiger partial charge in [-0.2, -0.15) is 0 Å². The van der Waals surface area contributed by atoms with Crippen LogP contribution < -0.4 is 0 Å². The fraction of sp³-hybridized carbons (Fsp3) is 0.600. The second kappa shape index (κ2) is 3.58. The molecule has 0 aromatic carbocycles. The number of aromatic nitrogens is 2. The van der Waals surface area contributed by atoms with Gasteiger partial charge in [0.25, 0.3) is 0 Å². The number of hydrogen-bond donors (Lipinski definition) is 1. The predicted molar refractivity (Wildman–Crippen MR) is 55.4 cm³/mol. The van der Waals surface area contributed by atoms with Crippen molar-refractivity contribution in [2.75, 3.05) is 0 Å². The average molecular weight is 194 g/mol. The van der Waals surface area contributed by atoms with E-state index in [-0.39, 0.29) is 0 Å². The van der Waals surface area contributed by atoms with Crippen LogP contribution in [0.3, 0.4) is 0 Å². The summed E-state index contributed by atoms with van der Waals surface area (Å²) >= 11 is 5.06. The van der Waals surface area contributed by atoms with Crippen LogP contribution in [0.2, 0.25) is 0 Å². The molecule has 1 saturated carbocycles. The van der Waals surface area contributed by atoms with E-state index in [4.69, 9.17) is 12.2 Å². The number of nitrogens with one attached hydrogen (secondary N) is 1. The minimum Gasteiger partial charge on any atom is -0.335 e. The van der Waals surface area contributed by atoms with Crippen molar-refractivity contribution in [1.29, 1.82) is 0 Å². The Morgan fingerprint density at radius 3 is 2.77 bits per heavy atom. The quantitative estimate of drug-likeness (QED) is 0.696. The molecule has 1 fully saturated rings. The van der Waals surface area contributed by atoms with E-state index in [1.54, 1.807) is 0 Å². The first kappa shape index (κ1) is 8.88. The van der Waals surface area contributed by atoms with Crippen molar-refractivity contribution in [2.45, 2.75) is 38.5 Å². The molecule has 3 heteroatoms. The third kappa shape index (κ3) is 1.97. The third-order valence-electron chi connectivity index (χ3n) is 2.67. The van der Waals surface area contributed by atoms with Gasteiger partial charge < -0.3 is 4.98 Å². The molecule has 0 amide bonds. The van der Waals surface area contributed by atoms with Crippen molar-refractivity contribution in [3.05, 3.63) is 22.2 Å². The molecule has 1 aromatic heterocycles. The molecule has 0 unspecified atom stereocenters. The van der Waals surface area contributed by atoms with E-state index in [0.717, 1.165) is 5.69 Å². The maximum atomic E-state index is 5.06. The maximum absolute atomic E-state index is 5.06. The molecule has 0 aliphatic heterocycles. The number of aromatic amines is 1. The van der Waals surface area contributed by atoms with Gasteiger partial charge in [0.1, 0.15) is 0 Å². The first-order valence-corrected chi connectivity index (χ1v) is 5.24. The van der Waals surface area contributed by atoms with E-state index in [1.807, 2.05) is 6.92 Å². The first-order chi connectivity index (χ1) is 6.25. The molecule has 13 heavy (non-hydrogen) atoms. The highest BCUT2D eigenvalue weighted by molar-refractivity contribution is 7.71. The number of rotatable bonds is 1. The summed E-state index contributed by atoms with van der Waals surface area (Å²) in [6, 6.07) is 2.13. The van der Waals surface area contributed by atoms with E-state index in [9.17, 15) is 0 Å². The van der Waals surface area contributed by atoms with Crippen molar-refractivity contribution in [2.24, 2.45) is 0 Å². The van der Waals surface area contributed by atoms with Crippen LogP contribution in [0.15, 0.2) is 6.07 Å². The molecule has 1 N–H and O–H groups in total. The van der Waals surface area contributed by atoms with Crippen molar-refractivity contribution < 1.29 is 0 Å². The zero-order chi connectivity index (χ0) is 9.26. The lowest BCUT2D eigenvalue weighted by Gasteiger charge is -2.08. The molecule has 0 radical (unpaired) electrons. The van der Waals surface area contributed by atoms with Crippen LogP contribution in [-0.4, -0.2) is 9.97 Å². The highest BCUT2D eigenvalue weighted by atomic mass is 32.1. The van der Waals surface area contributed by atoms with Gasteiger partial charge in [-0.15, -0.1) is 0 Å². The Hall–Kier alpha value is -0.700. The Kier molecular flexibility index (Phi) is 2.44. The van der Waals surface area contributed by atoms with Crippen LogP contribution in [0, 0.1) is 11.7 Å². The number of aryl methyl sites for hydroxylation is 1. The van der Waals surface area contributed by atoms with Crippen molar-refractivity contribution in [1.82, 2.24) is 9.97 Å². The molecule has 1 aromatic rings. The topological polar surface area (TPSA) is 28.7 Å². The standard InChI is InChI=1S/C10H14N2S/c1-7-6-9(12-10(13)11-7)8-4-2-3-5-8/h6,8H,2-5H2,1H3,(H,11,12,13). The van der Waals surface area contributed by atoms with Crippen LogP contribution >= 0.6 is 12.2 Å². The Morgan fingerprint density at radius 1 is 1.46 bits per heavy atom. The Labute approximate surface area is 83.4 Å². The molecule has 0 spiro atoms. The van der Waals surface area contributed by atoms with Crippen LogP contribution in [0.1, 0.15) is 43.0 Å². The summed E-state index contributed by atoms with van der Waals surface area (Å²) in [6.45, 7) is 2.04. The van der Waals surface area contributed by atoms with Gasteiger partial charge in [-0.05, 0) is 38.0 Å². The molecule has 0 saturated heterocycles. The smallest absolute Gasteiger partial charge is 0.197 e. The minimum atomic E-state index is 0.627. The Balaban J connectivity index is 2.33. The Morgan fingerprint density at radius 2 is 2.15 bits per heavy atom. The molecule has 1 aliphatic carbocycles. The van der Waals surface area contributed by atoms with Crippen molar-refractivity contribution in [3.63, 3.8) is 0 Å². The first-order valence-electron chi connectivity index (χ1n) is 4.83. The molecular weight excluding hydrogens is 180 g/mol. The van der Waals surface area contributed by atoms with Crippen LogP contribution in [0.25, 0.3) is 0 Å². The molecule has 2 nitrogen and oxygen atoms in total. The van der Waals surface area contributed by atoms with E-state index in [0.29, 0.717) is 10.7 Å². The second-order valence-corrected chi connectivity index (χ2v) is 4.16. The van der Waals surface area contributed by atoms with E-state index in [1.165, 1.54) is 31.4 Å². The summed E-state index contributed by atoms with van der Waals surface area (Å²) in [5.74, 6) is 0.662. The molecule has 0 atom stereocenters. The third-order valence-corrected chi connectivity index (χ3v) is 2.87. The van der Waals surface area contributed by atoms with Gasteiger partial charge in [0.05, 0.1) is 0 Å². The molecule has 70 valence electrons. The average Bonchev–Trinajstić information content (AvgIpc) is 2.53. The lowest BCUT2D eigenvalue weighted by molar-refractivity contribution is 0.690. The summed E-state index contributed by atoms with van der Waals surface area (Å²) in [7, 11) is 0. The summed E-state index contributed by atoms with van der Waals surface area (Å²) in [6.07, 6.45) is 5.25. The predicted octanol–water partition coefficient (Wildman–Crippen LogP) is 3.11. The van der Waals surface area contributed by atoms with Gasteiger partial charge in [-0.25, -0.2) is 4.98 Å². The Bertz CT molecular complexity index is 350. The number of nitrogens with zero attached hydrogens (tertiary/aromatic N) is 1. The molecular formula is C10H14N2S. The zero-order valence-corrected chi connectivity index (χ0v) is 8.66. The molecule has 2 rings (SSSR count). The second-order valence-electron chi connectivity index (χ2n) is 3.78. The maximum Gasteiger partial charge on any atom is 0.197 e. The monoisotopic (exact) mass is 194 g/mol. The summed E-state index contributed by atoms with van der Waals surface area (Å²) in [5, 5.41) is 0. The van der Waals surface area contributed by atoms with Gasteiger partial charge in [0, 0.05) is 17.3 Å². The highest BCUT2D eigenvalue weighted by Gasteiger charge is 2.18. The van der Waals surface area contributed by atoms with Gasteiger partial charge in [0.2, 0.25) is 0 Å². The molecule has 0 bridgehead atoms. The molecule has 1 aliphatic rings. The van der Waals surface area contributed by atoms with Gasteiger partial charge in [0.15, 0.2) is 4.77 Å². The normalized spacial score (nSPS) is 17.9. The van der Waals surface area contributed by atoms with Gasteiger partial charge in [-0.1, -0.05) is 12.8 Å². The zero-order valence-electron chi connectivity index (χ0n) is 7.84. The van der Waals surface area contributed by atoms with E-state index >= 15 is 0 Å².